The summed E-state index contributed by atoms with van der Waals surface area (Å²) in [4.78, 5) is 27.3. The topological polar surface area (TPSA) is 75.4 Å². The van der Waals surface area contributed by atoms with E-state index in [0.717, 1.165) is 11.4 Å². The van der Waals surface area contributed by atoms with Gasteiger partial charge in [-0.3, -0.25) is 9.20 Å². The molecule has 1 amide bonds. The number of carbonyl (C=O) groups excluding carboxylic acids is 1. The zero-order valence-electron chi connectivity index (χ0n) is 13.3. The van der Waals surface area contributed by atoms with E-state index in [9.17, 15) is 4.79 Å². The smallest absolute Gasteiger partial charge is 0.270 e. The molecular formula is C16H18N6O. The molecule has 23 heavy (non-hydrogen) atoms. The van der Waals surface area contributed by atoms with Gasteiger partial charge in [0.05, 0.1) is 5.69 Å². The van der Waals surface area contributed by atoms with Crippen molar-refractivity contribution < 1.29 is 4.79 Å². The quantitative estimate of drug-likeness (QED) is 0.789. The van der Waals surface area contributed by atoms with Crippen molar-refractivity contribution in [3.63, 3.8) is 0 Å². The number of fused-ring (bicyclic) bond motifs is 1. The van der Waals surface area contributed by atoms with Crippen molar-refractivity contribution in [2.75, 3.05) is 19.0 Å². The van der Waals surface area contributed by atoms with Gasteiger partial charge >= 0.3 is 0 Å². The fourth-order valence-corrected chi connectivity index (χ4v) is 2.50. The Hall–Kier alpha value is -2.96. The van der Waals surface area contributed by atoms with E-state index in [0.29, 0.717) is 23.7 Å². The first kappa shape index (κ1) is 15.0. The molecule has 1 N–H and O–H groups in total. The molecule has 0 radical (unpaired) electrons. The minimum atomic E-state index is -0.184. The Kier molecular flexibility index (Phi) is 3.92. The normalized spacial score (nSPS) is 10.7. The molecule has 0 saturated carbocycles. The first-order valence-corrected chi connectivity index (χ1v) is 7.27. The first-order valence-electron chi connectivity index (χ1n) is 7.27. The van der Waals surface area contributed by atoms with Crippen molar-refractivity contribution in [3.8, 4) is 0 Å². The highest BCUT2D eigenvalue weighted by Gasteiger charge is 2.17. The van der Waals surface area contributed by atoms with E-state index in [1.807, 2.05) is 31.1 Å². The number of amides is 1. The van der Waals surface area contributed by atoms with Crippen molar-refractivity contribution in [2.24, 2.45) is 0 Å². The summed E-state index contributed by atoms with van der Waals surface area (Å²) in [7, 11) is 3.85. The molecule has 0 aromatic carbocycles. The van der Waals surface area contributed by atoms with Crippen LogP contribution in [0.2, 0.25) is 0 Å². The van der Waals surface area contributed by atoms with E-state index >= 15 is 0 Å². The minimum absolute atomic E-state index is 0.184. The molecule has 0 spiro atoms. The van der Waals surface area contributed by atoms with Gasteiger partial charge in [0.25, 0.3) is 5.91 Å². The van der Waals surface area contributed by atoms with Gasteiger partial charge < -0.3 is 10.2 Å². The third-order valence-electron chi connectivity index (χ3n) is 3.52. The number of pyridine rings is 1. The predicted octanol–water partition coefficient (Wildman–Crippen LogP) is 1.43. The molecule has 3 aromatic heterocycles. The molecule has 0 fully saturated rings. The van der Waals surface area contributed by atoms with Crippen LogP contribution < -0.4 is 10.2 Å². The van der Waals surface area contributed by atoms with E-state index in [4.69, 9.17) is 0 Å². The van der Waals surface area contributed by atoms with Gasteiger partial charge in [0.2, 0.25) is 5.78 Å². The van der Waals surface area contributed by atoms with Gasteiger partial charge in [-0.2, -0.15) is 0 Å². The average molecular weight is 310 g/mol. The van der Waals surface area contributed by atoms with Crippen LogP contribution in [0, 0.1) is 6.92 Å². The Morgan fingerprint density at radius 3 is 2.83 bits per heavy atom. The van der Waals surface area contributed by atoms with Gasteiger partial charge in [-0.15, -0.1) is 0 Å². The lowest BCUT2D eigenvalue weighted by Gasteiger charge is -2.16. The monoisotopic (exact) mass is 310 g/mol. The molecule has 7 heteroatoms. The lowest BCUT2D eigenvalue weighted by molar-refractivity contribution is 0.0944. The zero-order valence-corrected chi connectivity index (χ0v) is 13.3. The number of hydrogen-bond donors (Lipinski definition) is 1. The van der Waals surface area contributed by atoms with Crippen LogP contribution in [0.1, 0.15) is 21.7 Å². The third kappa shape index (κ3) is 2.85. The van der Waals surface area contributed by atoms with Crippen LogP contribution in [-0.4, -0.2) is 39.4 Å². The maximum absolute atomic E-state index is 12.6. The molecule has 0 saturated heterocycles. The number of aromatic nitrogens is 4. The molecule has 0 atom stereocenters. The second-order valence-electron chi connectivity index (χ2n) is 5.40. The SMILES string of the molecule is Cc1nc2ncccn2c1C(=O)NCc1cccnc1N(C)C. The van der Waals surface area contributed by atoms with Crippen LogP contribution in [-0.2, 0) is 6.54 Å². The highest BCUT2D eigenvalue weighted by molar-refractivity contribution is 5.94. The van der Waals surface area contributed by atoms with Gasteiger partial charge in [0.15, 0.2) is 0 Å². The largest absolute Gasteiger partial charge is 0.362 e. The molecule has 7 nitrogen and oxygen atoms in total. The fourth-order valence-electron chi connectivity index (χ4n) is 2.50. The minimum Gasteiger partial charge on any atom is -0.362 e. The van der Waals surface area contributed by atoms with Crippen molar-refractivity contribution >= 4 is 17.5 Å². The zero-order chi connectivity index (χ0) is 16.4. The molecule has 3 aromatic rings. The number of rotatable bonds is 4. The molecule has 118 valence electrons. The van der Waals surface area contributed by atoms with E-state index in [1.165, 1.54) is 0 Å². The van der Waals surface area contributed by atoms with Crippen molar-refractivity contribution in [3.05, 3.63) is 53.7 Å². The van der Waals surface area contributed by atoms with Crippen LogP contribution in [0.4, 0.5) is 5.82 Å². The second kappa shape index (κ2) is 6.04. The fraction of sp³-hybridized carbons (Fsp3) is 0.250. The van der Waals surface area contributed by atoms with Crippen molar-refractivity contribution in [1.29, 1.82) is 0 Å². The van der Waals surface area contributed by atoms with Crippen LogP contribution in [0.5, 0.6) is 0 Å². The van der Waals surface area contributed by atoms with E-state index in [1.54, 1.807) is 36.0 Å². The lowest BCUT2D eigenvalue weighted by Crippen LogP contribution is -2.26. The molecule has 0 bridgehead atoms. The number of nitrogens with one attached hydrogen (secondary N) is 1. The average Bonchev–Trinajstić information content (AvgIpc) is 2.88. The van der Waals surface area contributed by atoms with Gasteiger partial charge in [0.1, 0.15) is 11.5 Å². The Morgan fingerprint density at radius 1 is 1.26 bits per heavy atom. The Labute approximate surface area is 134 Å². The summed E-state index contributed by atoms with van der Waals surface area (Å²) in [5.41, 5.74) is 2.11. The Bertz CT molecular complexity index is 855. The molecular weight excluding hydrogens is 292 g/mol. The second-order valence-corrected chi connectivity index (χ2v) is 5.40. The Balaban J connectivity index is 1.84. The van der Waals surface area contributed by atoms with Gasteiger partial charge in [-0.1, -0.05) is 6.07 Å². The molecule has 0 aliphatic carbocycles. The number of hydrogen-bond acceptors (Lipinski definition) is 5. The third-order valence-corrected chi connectivity index (χ3v) is 3.52. The molecule has 0 aliphatic rings. The van der Waals surface area contributed by atoms with Gasteiger partial charge in [0, 0.05) is 44.8 Å². The number of imidazole rings is 1. The van der Waals surface area contributed by atoms with E-state index < -0.39 is 0 Å². The summed E-state index contributed by atoms with van der Waals surface area (Å²) < 4.78 is 1.70. The molecule has 0 unspecified atom stereocenters. The number of anilines is 1. The Morgan fingerprint density at radius 2 is 2.04 bits per heavy atom. The number of nitrogens with zero attached hydrogens (tertiary/aromatic N) is 5. The van der Waals surface area contributed by atoms with E-state index in [2.05, 4.69) is 20.3 Å². The van der Waals surface area contributed by atoms with E-state index in [-0.39, 0.29) is 5.91 Å². The maximum Gasteiger partial charge on any atom is 0.270 e. The number of aryl methyl sites for hydroxylation is 1. The highest BCUT2D eigenvalue weighted by atomic mass is 16.1. The molecule has 3 heterocycles. The maximum atomic E-state index is 12.6. The lowest BCUT2D eigenvalue weighted by atomic mass is 10.2. The van der Waals surface area contributed by atoms with Gasteiger partial charge in [-0.25, -0.2) is 15.0 Å². The molecule has 0 aliphatic heterocycles. The summed E-state index contributed by atoms with van der Waals surface area (Å²) in [6.07, 6.45) is 5.18. The van der Waals surface area contributed by atoms with Crippen LogP contribution in [0.3, 0.4) is 0 Å². The summed E-state index contributed by atoms with van der Waals surface area (Å²) in [6, 6.07) is 5.58. The van der Waals surface area contributed by atoms with Crippen LogP contribution in [0.15, 0.2) is 36.8 Å². The van der Waals surface area contributed by atoms with Crippen molar-refractivity contribution in [1.82, 2.24) is 24.7 Å². The summed E-state index contributed by atoms with van der Waals surface area (Å²) >= 11 is 0. The standard InChI is InChI=1S/C16H18N6O/c1-11-13(22-9-5-8-18-16(22)20-11)15(23)19-10-12-6-4-7-17-14(12)21(2)3/h4-9H,10H2,1-3H3,(H,19,23). The van der Waals surface area contributed by atoms with Crippen LogP contribution >= 0.6 is 0 Å². The molecule has 3 rings (SSSR count). The summed E-state index contributed by atoms with van der Waals surface area (Å²) in [5, 5.41) is 2.94. The highest BCUT2D eigenvalue weighted by Crippen LogP contribution is 2.15. The predicted molar refractivity (Wildman–Crippen MR) is 87.5 cm³/mol. The van der Waals surface area contributed by atoms with Crippen LogP contribution in [0.25, 0.3) is 5.78 Å². The number of carbonyl (C=O) groups is 1. The van der Waals surface area contributed by atoms with Gasteiger partial charge in [-0.05, 0) is 19.1 Å². The first-order chi connectivity index (χ1) is 11.1. The van der Waals surface area contributed by atoms with Crippen molar-refractivity contribution in [2.45, 2.75) is 13.5 Å². The summed E-state index contributed by atoms with van der Waals surface area (Å²) in [6.45, 7) is 2.20. The summed E-state index contributed by atoms with van der Waals surface area (Å²) in [5.74, 6) is 1.17.